The standard InChI is InChI=1S/C42H74N2O13/c1-16-32-24(3)17-25(4)43(12)21-23(2)19-41(10,49)37(57-40-35(47)31(18-26(5)52-40)44(13)33(46)22-50-14)27(6)36(28(7)39(48)55-32)56-34-20-42(11,51-15)38(29(8)53-34)54-30(9)45/h17,23,25-29,31-32,34-38,40,47,49H,16,18-22H2,1-15H3/b24-17+/t23-,25-,26-,27+,28-,29+,31+,32-,34+,35-,36+,37-,38+,40+,41-,42-/m1/s1. The first-order valence-electron chi connectivity index (χ1n) is 20.6. The molecule has 0 aromatic heterocycles. The Bertz CT molecular complexity index is 1360. The lowest BCUT2D eigenvalue weighted by atomic mass is 9.77. The van der Waals surface area contributed by atoms with E-state index in [1.54, 1.807) is 27.8 Å². The van der Waals surface area contributed by atoms with Crippen molar-refractivity contribution in [3.05, 3.63) is 11.6 Å². The third-order valence-electron chi connectivity index (χ3n) is 12.3. The number of methoxy groups -OCH3 is 2. The molecule has 0 aromatic carbocycles. The summed E-state index contributed by atoms with van der Waals surface area (Å²) in [6, 6.07) is -0.664. The van der Waals surface area contributed by atoms with Crippen LogP contribution in [0.25, 0.3) is 0 Å². The molecule has 0 spiro atoms. The SMILES string of the molecule is CC[C@H]1OC(=O)[C@H](C)[C@@H](O[C@H]2C[C@@](C)(OC)[C@@H](OC(C)=O)[C@H](C)O2)[C@H](C)[C@@H](O[C@@H]2O[C@H](C)C[C@H](N(C)C(=O)COC)[C@H]2O)[C@](C)(O)C[C@@H](C)CN(C)[C@H](C)/C=C/1C. The summed E-state index contributed by atoms with van der Waals surface area (Å²) >= 11 is 0. The number of carbonyl (C=O) groups is 3. The van der Waals surface area contributed by atoms with E-state index < -0.39 is 96.3 Å². The first-order chi connectivity index (χ1) is 26.5. The number of aliphatic hydroxyl groups excluding tert-OH is 1. The van der Waals surface area contributed by atoms with E-state index in [1.165, 1.54) is 26.0 Å². The van der Waals surface area contributed by atoms with Crippen LogP contribution >= 0.6 is 0 Å². The molecule has 3 aliphatic heterocycles. The molecule has 0 aromatic rings. The van der Waals surface area contributed by atoms with E-state index in [1.807, 2.05) is 41.7 Å². The predicted octanol–water partition coefficient (Wildman–Crippen LogP) is 3.85. The number of cyclic esters (lactones) is 1. The molecule has 1 amide bonds. The Kier molecular flexibility index (Phi) is 18.0. The Balaban J connectivity index is 2.16. The molecule has 0 saturated carbocycles. The van der Waals surface area contributed by atoms with Gasteiger partial charge in [0.15, 0.2) is 18.7 Å². The van der Waals surface area contributed by atoms with Crippen LogP contribution in [0.1, 0.15) is 102 Å². The minimum atomic E-state index is -1.56. The zero-order valence-corrected chi connectivity index (χ0v) is 37.2. The fourth-order valence-electron chi connectivity index (χ4n) is 8.98. The highest BCUT2D eigenvalue weighted by atomic mass is 16.7. The van der Waals surface area contributed by atoms with Gasteiger partial charge in [0.05, 0.1) is 42.0 Å². The quantitative estimate of drug-likeness (QED) is 0.241. The van der Waals surface area contributed by atoms with E-state index in [0.717, 1.165) is 5.57 Å². The van der Waals surface area contributed by atoms with Crippen molar-refractivity contribution in [3.8, 4) is 0 Å². The van der Waals surface area contributed by atoms with Crippen molar-refractivity contribution in [2.75, 3.05) is 41.5 Å². The second-order valence-electron chi connectivity index (χ2n) is 17.5. The molecule has 15 heteroatoms. The number of nitrogens with zero attached hydrogens (tertiary/aromatic N) is 2. The predicted molar refractivity (Wildman–Crippen MR) is 212 cm³/mol. The first-order valence-corrected chi connectivity index (χ1v) is 20.6. The Morgan fingerprint density at radius 2 is 1.68 bits per heavy atom. The first kappa shape index (κ1) is 49.2. The fraction of sp³-hybridized carbons (Fsp3) is 0.881. The zero-order valence-electron chi connectivity index (χ0n) is 37.2. The minimum Gasteiger partial charge on any atom is -0.458 e. The van der Waals surface area contributed by atoms with Gasteiger partial charge in [-0.1, -0.05) is 26.8 Å². The van der Waals surface area contributed by atoms with Crippen LogP contribution in [0.3, 0.4) is 0 Å². The molecule has 2 N–H and O–H groups in total. The molecule has 0 unspecified atom stereocenters. The summed E-state index contributed by atoms with van der Waals surface area (Å²) in [5, 5.41) is 24.4. The number of amides is 1. The second-order valence-corrected chi connectivity index (χ2v) is 17.5. The lowest BCUT2D eigenvalue weighted by molar-refractivity contribution is -0.318. The summed E-state index contributed by atoms with van der Waals surface area (Å²) in [5.74, 6) is -3.00. The van der Waals surface area contributed by atoms with Gasteiger partial charge in [0.25, 0.3) is 0 Å². The van der Waals surface area contributed by atoms with E-state index in [9.17, 15) is 24.6 Å². The molecule has 0 bridgehead atoms. The van der Waals surface area contributed by atoms with Crippen LogP contribution in [-0.4, -0.2) is 158 Å². The van der Waals surface area contributed by atoms with Crippen molar-refractivity contribution in [3.63, 3.8) is 0 Å². The molecule has 57 heavy (non-hydrogen) atoms. The monoisotopic (exact) mass is 815 g/mol. The average molecular weight is 815 g/mol. The number of esters is 2. The lowest BCUT2D eigenvalue weighted by Gasteiger charge is -2.49. The third-order valence-corrected chi connectivity index (χ3v) is 12.3. The summed E-state index contributed by atoms with van der Waals surface area (Å²) in [4.78, 5) is 42.9. The van der Waals surface area contributed by atoms with Crippen LogP contribution in [0.5, 0.6) is 0 Å². The van der Waals surface area contributed by atoms with Crippen LogP contribution in [0.2, 0.25) is 0 Å². The van der Waals surface area contributed by atoms with Gasteiger partial charge in [0.1, 0.15) is 24.4 Å². The molecule has 330 valence electrons. The highest BCUT2D eigenvalue weighted by Gasteiger charge is 2.53. The largest absolute Gasteiger partial charge is 0.458 e. The van der Waals surface area contributed by atoms with Crippen molar-refractivity contribution >= 4 is 17.8 Å². The normalized spacial score (nSPS) is 42.8. The molecule has 3 aliphatic rings. The average Bonchev–Trinajstić information content (AvgIpc) is 3.12. The van der Waals surface area contributed by atoms with E-state index in [4.69, 9.17) is 37.9 Å². The van der Waals surface area contributed by atoms with Crippen molar-refractivity contribution in [2.24, 2.45) is 17.8 Å². The maximum atomic E-state index is 14.3. The number of hydrogen-bond donors (Lipinski definition) is 2. The molecular weight excluding hydrogens is 740 g/mol. The molecule has 2 saturated heterocycles. The second kappa shape index (κ2) is 20.9. The summed E-state index contributed by atoms with van der Waals surface area (Å²) in [5.41, 5.74) is -1.64. The third kappa shape index (κ3) is 12.4. The molecule has 0 aliphatic carbocycles. The van der Waals surface area contributed by atoms with Gasteiger partial charge in [-0.25, -0.2) is 0 Å². The van der Waals surface area contributed by atoms with Gasteiger partial charge in [-0.3, -0.25) is 19.3 Å². The summed E-state index contributed by atoms with van der Waals surface area (Å²) in [6.45, 7) is 20.6. The number of likely N-dealkylation sites (N-methyl/N-ethyl adjacent to an activating group) is 2. The minimum absolute atomic E-state index is 0.00751. The summed E-state index contributed by atoms with van der Waals surface area (Å²) in [7, 11) is 6.59. The van der Waals surface area contributed by atoms with Gasteiger partial charge < -0.3 is 53.0 Å². The van der Waals surface area contributed by atoms with Gasteiger partial charge in [0, 0.05) is 53.1 Å². The molecule has 2 fully saturated rings. The maximum absolute atomic E-state index is 14.3. The Morgan fingerprint density at radius 3 is 2.26 bits per heavy atom. The zero-order chi connectivity index (χ0) is 43.2. The van der Waals surface area contributed by atoms with Gasteiger partial charge in [-0.05, 0) is 86.3 Å². The maximum Gasteiger partial charge on any atom is 0.311 e. The van der Waals surface area contributed by atoms with Gasteiger partial charge >= 0.3 is 11.9 Å². The van der Waals surface area contributed by atoms with Crippen LogP contribution in [0.15, 0.2) is 11.6 Å². The summed E-state index contributed by atoms with van der Waals surface area (Å²) < 4.78 is 49.1. The van der Waals surface area contributed by atoms with Crippen molar-refractivity contribution in [1.82, 2.24) is 9.80 Å². The molecular formula is C42H74N2O13. The van der Waals surface area contributed by atoms with Crippen LogP contribution in [0, 0.1) is 17.8 Å². The van der Waals surface area contributed by atoms with E-state index in [2.05, 4.69) is 24.8 Å². The Hall–Kier alpha value is -2.21. The number of carbonyl (C=O) groups excluding carboxylic acids is 3. The molecule has 3 heterocycles. The Labute approximate surface area is 340 Å². The van der Waals surface area contributed by atoms with Crippen LogP contribution in [-0.2, 0) is 52.3 Å². The smallest absolute Gasteiger partial charge is 0.311 e. The number of hydrogen-bond acceptors (Lipinski definition) is 14. The Morgan fingerprint density at radius 1 is 1.04 bits per heavy atom. The van der Waals surface area contributed by atoms with Crippen LogP contribution in [0.4, 0.5) is 0 Å². The van der Waals surface area contributed by atoms with Crippen molar-refractivity contribution < 1.29 is 62.5 Å². The molecule has 16 atom stereocenters. The highest BCUT2D eigenvalue weighted by molar-refractivity contribution is 5.77. The van der Waals surface area contributed by atoms with Crippen LogP contribution < -0.4 is 0 Å². The van der Waals surface area contributed by atoms with E-state index in [0.29, 0.717) is 19.4 Å². The number of aliphatic hydroxyl groups is 2. The van der Waals surface area contributed by atoms with E-state index in [-0.39, 0.29) is 37.3 Å². The number of rotatable bonds is 10. The number of ether oxygens (including phenoxy) is 8. The summed E-state index contributed by atoms with van der Waals surface area (Å²) in [6.07, 6.45) is -4.43. The van der Waals surface area contributed by atoms with Gasteiger partial charge in [0.2, 0.25) is 5.91 Å². The molecule has 15 nitrogen and oxygen atoms in total. The fourth-order valence-corrected chi connectivity index (χ4v) is 8.98. The van der Waals surface area contributed by atoms with E-state index >= 15 is 0 Å². The topological polar surface area (TPSA) is 172 Å². The van der Waals surface area contributed by atoms with Crippen molar-refractivity contribution in [2.45, 2.75) is 180 Å². The van der Waals surface area contributed by atoms with Gasteiger partial charge in [-0.2, -0.15) is 0 Å². The lowest BCUT2D eigenvalue weighted by Crippen LogP contribution is -2.61. The van der Waals surface area contributed by atoms with Gasteiger partial charge in [-0.15, -0.1) is 0 Å². The molecule has 3 rings (SSSR count). The molecule has 0 radical (unpaired) electrons. The highest BCUT2D eigenvalue weighted by Crippen LogP contribution is 2.40. The van der Waals surface area contributed by atoms with Crippen molar-refractivity contribution in [1.29, 1.82) is 0 Å².